The summed E-state index contributed by atoms with van der Waals surface area (Å²) in [5, 5.41) is 6.75. The first-order valence-electron chi connectivity index (χ1n) is 9.87. The number of rotatable bonds is 8. The Morgan fingerprint density at radius 1 is 1.24 bits per heavy atom. The minimum atomic E-state index is -3.06. The molecule has 0 bridgehead atoms. The SMILES string of the molecule is CN=C(NCCC(C)c1ccc(OC)cc1)NCC1CCN(S(C)(=O)=O)CC1.I. The summed E-state index contributed by atoms with van der Waals surface area (Å²) < 4.78 is 29.9. The molecule has 1 heterocycles. The molecule has 29 heavy (non-hydrogen) atoms. The third kappa shape index (κ3) is 8.67. The van der Waals surface area contributed by atoms with Gasteiger partial charge in [-0.3, -0.25) is 4.99 Å². The number of guanidine groups is 1. The van der Waals surface area contributed by atoms with Crippen LogP contribution in [0.2, 0.25) is 0 Å². The van der Waals surface area contributed by atoms with Gasteiger partial charge in [0.1, 0.15) is 5.75 Å². The van der Waals surface area contributed by atoms with Gasteiger partial charge in [-0.25, -0.2) is 12.7 Å². The zero-order valence-electron chi connectivity index (χ0n) is 17.8. The molecule has 1 saturated heterocycles. The normalized spacial score (nSPS) is 17.3. The number of hydrogen-bond donors (Lipinski definition) is 2. The molecule has 1 aliphatic rings. The predicted octanol–water partition coefficient (Wildman–Crippen LogP) is 2.64. The van der Waals surface area contributed by atoms with Crippen molar-refractivity contribution in [3.63, 3.8) is 0 Å². The number of nitrogens with zero attached hydrogens (tertiary/aromatic N) is 2. The van der Waals surface area contributed by atoms with Crippen LogP contribution in [0.3, 0.4) is 0 Å². The van der Waals surface area contributed by atoms with E-state index in [1.54, 1.807) is 18.5 Å². The van der Waals surface area contributed by atoms with Crippen molar-refractivity contribution in [3.8, 4) is 5.75 Å². The largest absolute Gasteiger partial charge is 0.497 e. The molecule has 1 unspecified atom stereocenters. The average molecular weight is 538 g/mol. The molecule has 0 aromatic heterocycles. The fourth-order valence-electron chi connectivity index (χ4n) is 3.41. The lowest BCUT2D eigenvalue weighted by atomic mass is 9.98. The quantitative estimate of drug-likeness (QED) is 0.302. The molecule has 9 heteroatoms. The Labute approximate surface area is 192 Å². The molecule has 7 nitrogen and oxygen atoms in total. The number of hydrogen-bond acceptors (Lipinski definition) is 4. The van der Waals surface area contributed by atoms with Crippen molar-refractivity contribution in [2.24, 2.45) is 10.9 Å². The van der Waals surface area contributed by atoms with Crippen molar-refractivity contribution in [3.05, 3.63) is 29.8 Å². The van der Waals surface area contributed by atoms with Crippen LogP contribution >= 0.6 is 24.0 Å². The monoisotopic (exact) mass is 538 g/mol. The molecule has 2 N–H and O–H groups in total. The van der Waals surface area contributed by atoms with Crippen LogP contribution in [-0.4, -0.2) is 65.3 Å². The zero-order valence-corrected chi connectivity index (χ0v) is 21.0. The number of piperidine rings is 1. The maximum atomic E-state index is 11.6. The van der Waals surface area contributed by atoms with Crippen molar-refractivity contribution in [2.45, 2.75) is 32.1 Å². The van der Waals surface area contributed by atoms with Crippen LogP contribution in [0.1, 0.15) is 37.7 Å². The second kappa shape index (κ2) is 12.6. The first-order valence-corrected chi connectivity index (χ1v) is 11.7. The molecule has 0 radical (unpaired) electrons. The summed E-state index contributed by atoms with van der Waals surface area (Å²) in [5.41, 5.74) is 1.29. The molecular formula is C20H35IN4O3S. The topological polar surface area (TPSA) is 83.0 Å². The molecule has 1 fully saturated rings. The average Bonchev–Trinajstić information content (AvgIpc) is 2.70. The van der Waals surface area contributed by atoms with Gasteiger partial charge in [-0.05, 0) is 48.8 Å². The van der Waals surface area contributed by atoms with Crippen molar-refractivity contribution in [1.82, 2.24) is 14.9 Å². The second-order valence-electron chi connectivity index (χ2n) is 7.45. The highest BCUT2D eigenvalue weighted by molar-refractivity contribution is 14.0. The lowest BCUT2D eigenvalue weighted by molar-refractivity contribution is 0.275. The summed E-state index contributed by atoms with van der Waals surface area (Å²) in [7, 11) is 0.386. The highest BCUT2D eigenvalue weighted by Gasteiger charge is 2.24. The van der Waals surface area contributed by atoms with Gasteiger partial charge in [0.25, 0.3) is 0 Å². The molecule has 0 aliphatic carbocycles. The van der Waals surface area contributed by atoms with Gasteiger partial charge in [-0.2, -0.15) is 0 Å². The Morgan fingerprint density at radius 3 is 2.38 bits per heavy atom. The molecule has 1 atom stereocenters. The van der Waals surface area contributed by atoms with Crippen LogP contribution in [-0.2, 0) is 10.0 Å². The lowest BCUT2D eigenvalue weighted by Gasteiger charge is -2.30. The van der Waals surface area contributed by atoms with E-state index in [4.69, 9.17) is 4.74 Å². The Kier molecular flexibility index (Phi) is 11.3. The Morgan fingerprint density at radius 2 is 1.86 bits per heavy atom. The zero-order chi connectivity index (χ0) is 20.6. The van der Waals surface area contributed by atoms with E-state index in [0.717, 1.165) is 44.1 Å². The van der Waals surface area contributed by atoms with Crippen LogP contribution < -0.4 is 15.4 Å². The van der Waals surface area contributed by atoms with Gasteiger partial charge in [0.15, 0.2) is 5.96 Å². The van der Waals surface area contributed by atoms with E-state index >= 15 is 0 Å². The number of aliphatic imine (C=N–C) groups is 1. The van der Waals surface area contributed by atoms with E-state index in [1.165, 1.54) is 11.8 Å². The summed E-state index contributed by atoms with van der Waals surface area (Å²) in [6, 6.07) is 8.21. The van der Waals surface area contributed by atoms with Gasteiger partial charge in [0.05, 0.1) is 13.4 Å². The summed E-state index contributed by atoms with van der Waals surface area (Å²) in [6.07, 6.45) is 4.04. The lowest BCUT2D eigenvalue weighted by Crippen LogP contribution is -2.44. The van der Waals surface area contributed by atoms with E-state index in [9.17, 15) is 8.42 Å². The van der Waals surface area contributed by atoms with Gasteiger partial charge in [-0.15, -0.1) is 24.0 Å². The number of benzene rings is 1. The van der Waals surface area contributed by atoms with Crippen molar-refractivity contribution >= 4 is 40.0 Å². The van der Waals surface area contributed by atoms with Gasteiger partial charge in [0.2, 0.25) is 10.0 Å². The maximum absolute atomic E-state index is 11.6. The molecule has 2 rings (SSSR count). The minimum absolute atomic E-state index is 0. The van der Waals surface area contributed by atoms with Crippen LogP contribution in [0, 0.1) is 5.92 Å². The van der Waals surface area contributed by atoms with Gasteiger partial charge in [-0.1, -0.05) is 19.1 Å². The van der Waals surface area contributed by atoms with Crippen LogP contribution in [0.5, 0.6) is 5.75 Å². The number of nitrogens with one attached hydrogen (secondary N) is 2. The molecule has 1 aliphatic heterocycles. The Bertz CT molecular complexity index is 733. The number of halogens is 1. The van der Waals surface area contributed by atoms with Crippen molar-refractivity contribution < 1.29 is 13.2 Å². The van der Waals surface area contributed by atoms with Crippen molar-refractivity contribution in [1.29, 1.82) is 0 Å². The fraction of sp³-hybridized carbons (Fsp3) is 0.650. The maximum Gasteiger partial charge on any atom is 0.211 e. The number of sulfonamides is 1. The summed E-state index contributed by atoms with van der Waals surface area (Å²) in [5.74, 6) is 2.58. The van der Waals surface area contributed by atoms with Gasteiger partial charge in [0, 0.05) is 33.2 Å². The smallest absolute Gasteiger partial charge is 0.211 e. The molecule has 166 valence electrons. The third-order valence-electron chi connectivity index (χ3n) is 5.38. The van der Waals surface area contributed by atoms with E-state index in [0.29, 0.717) is 24.9 Å². The standard InChI is InChI=1S/C20H34N4O3S.HI/c1-16(18-5-7-19(27-3)8-6-18)9-12-22-20(21-2)23-15-17-10-13-24(14-11-17)28(4,25)26;/h5-8,16-17H,9-15H2,1-4H3,(H2,21,22,23);1H. The van der Waals surface area contributed by atoms with Crippen molar-refractivity contribution in [2.75, 3.05) is 46.6 Å². The molecular weight excluding hydrogens is 503 g/mol. The summed E-state index contributed by atoms with van der Waals surface area (Å²) in [4.78, 5) is 4.29. The molecule has 0 amide bonds. The molecule has 1 aromatic carbocycles. The number of methoxy groups -OCH3 is 1. The fourth-order valence-corrected chi connectivity index (χ4v) is 4.29. The molecule has 1 aromatic rings. The van der Waals surface area contributed by atoms with Gasteiger partial charge < -0.3 is 15.4 Å². The van der Waals surface area contributed by atoms with E-state index in [1.807, 2.05) is 12.1 Å². The third-order valence-corrected chi connectivity index (χ3v) is 6.68. The Hall–Kier alpha value is -1.07. The van der Waals surface area contributed by atoms with E-state index in [-0.39, 0.29) is 24.0 Å². The number of ether oxygens (including phenoxy) is 1. The van der Waals surface area contributed by atoms with Crippen LogP contribution in [0.4, 0.5) is 0 Å². The Balaban J connectivity index is 0.00000420. The second-order valence-corrected chi connectivity index (χ2v) is 9.43. The first kappa shape index (κ1) is 26.0. The highest BCUT2D eigenvalue weighted by atomic mass is 127. The molecule has 0 saturated carbocycles. The van der Waals surface area contributed by atoms with E-state index < -0.39 is 10.0 Å². The highest BCUT2D eigenvalue weighted by Crippen LogP contribution is 2.21. The van der Waals surface area contributed by atoms with Gasteiger partial charge >= 0.3 is 0 Å². The summed E-state index contributed by atoms with van der Waals surface area (Å²) >= 11 is 0. The van der Waals surface area contributed by atoms with Crippen LogP contribution in [0.15, 0.2) is 29.3 Å². The first-order chi connectivity index (χ1) is 13.3. The minimum Gasteiger partial charge on any atom is -0.497 e. The molecule has 0 spiro atoms. The van der Waals surface area contributed by atoms with E-state index in [2.05, 4.69) is 34.7 Å². The predicted molar refractivity (Wildman–Crippen MR) is 130 cm³/mol. The summed E-state index contributed by atoms with van der Waals surface area (Å²) in [6.45, 7) is 5.08. The van der Waals surface area contributed by atoms with Crippen LogP contribution in [0.25, 0.3) is 0 Å².